The lowest BCUT2D eigenvalue weighted by atomic mass is 10.1. The summed E-state index contributed by atoms with van der Waals surface area (Å²) in [5.74, 6) is -0.454. The smallest absolute Gasteiger partial charge is 0.339 e. The summed E-state index contributed by atoms with van der Waals surface area (Å²) < 4.78 is 40.3. The molecule has 36 heavy (non-hydrogen) atoms. The second-order valence-corrected chi connectivity index (χ2v) is 9.77. The zero-order valence-corrected chi connectivity index (χ0v) is 20.4. The number of hydrogen-bond acceptors (Lipinski definition) is 5. The number of nitrogens with zero attached hydrogens (tertiary/aromatic N) is 3. The van der Waals surface area contributed by atoms with Gasteiger partial charge in [-0.2, -0.15) is 13.2 Å². The Balaban J connectivity index is 1.44. The second kappa shape index (κ2) is 11.1. The van der Waals surface area contributed by atoms with Crippen LogP contribution in [0.25, 0.3) is 11.3 Å². The zero-order chi connectivity index (χ0) is 25.7. The van der Waals surface area contributed by atoms with Crippen molar-refractivity contribution >= 4 is 29.3 Å². The minimum atomic E-state index is -4.65. The number of carbonyl (C=O) groups excluding carboxylic acids is 2. The molecule has 1 aromatic heterocycles. The lowest BCUT2D eigenvalue weighted by Gasteiger charge is -2.26. The van der Waals surface area contributed by atoms with Crippen molar-refractivity contribution in [1.29, 1.82) is 0 Å². The van der Waals surface area contributed by atoms with E-state index >= 15 is 0 Å². The molecular weight excluding hydrogens is 489 g/mol. The third kappa shape index (κ3) is 6.42. The predicted octanol–water partition coefficient (Wildman–Crippen LogP) is 5.91. The maximum absolute atomic E-state index is 13.4. The first-order chi connectivity index (χ1) is 17.2. The summed E-state index contributed by atoms with van der Waals surface area (Å²) in [4.78, 5) is 35.1. The minimum absolute atomic E-state index is 0.0348. The number of carbonyl (C=O) groups is 2. The lowest BCUT2D eigenvalue weighted by molar-refractivity contribution is -0.141. The molecule has 10 heteroatoms. The van der Waals surface area contributed by atoms with Crippen molar-refractivity contribution < 1.29 is 22.8 Å². The number of amides is 2. The molecule has 0 radical (unpaired) electrons. The molecule has 1 aliphatic heterocycles. The van der Waals surface area contributed by atoms with E-state index in [1.807, 2.05) is 4.90 Å². The zero-order valence-electron chi connectivity index (χ0n) is 19.6. The number of thioether (sulfide) groups is 1. The first-order valence-electron chi connectivity index (χ1n) is 11.6. The van der Waals surface area contributed by atoms with E-state index in [0.717, 1.165) is 50.2 Å². The van der Waals surface area contributed by atoms with Crippen LogP contribution >= 0.6 is 11.8 Å². The van der Waals surface area contributed by atoms with Gasteiger partial charge in [0.2, 0.25) is 5.91 Å². The fraction of sp³-hybridized carbons (Fsp3) is 0.308. The van der Waals surface area contributed by atoms with Gasteiger partial charge in [-0.1, -0.05) is 42.1 Å². The maximum atomic E-state index is 13.4. The Bertz CT molecular complexity index is 1210. The van der Waals surface area contributed by atoms with E-state index in [9.17, 15) is 22.8 Å². The van der Waals surface area contributed by atoms with E-state index in [1.54, 1.807) is 61.5 Å². The molecule has 0 bridgehead atoms. The summed E-state index contributed by atoms with van der Waals surface area (Å²) in [7, 11) is 0. The summed E-state index contributed by atoms with van der Waals surface area (Å²) >= 11 is 0.842. The number of likely N-dealkylation sites (tertiary alicyclic amines) is 1. The molecule has 1 aliphatic rings. The van der Waals surface area contributed by atoms with Gasteiger partial charge in [-0.05, 0) is 56.5 Å². The third-order valence-corrected chi connectivity index (χ3v) is 6.72. The van der Waals surface area contributed by atoms with Crippen molar-refractivity contribution in [3.05, 3.63) is 71.9 Å². The van der Waals surface area contributed by atoms with Gasteiger partial charge in [-0.3, -0.25) is 9.59 Å². The van der Waals surface area contributed by atoms with Crippen LogP contribution in [-0.4, -0.2) is 45.0 Å². The van der Waals surface area contributed by atoms with Crippen LogP contribution < -0.4 is 5.32 Å². The second-order valence-electron chi connectivity index (χ2n) is 8.46. The van der Waals surface area contributed by atoms with Crippen LogP contribution in [0.2, 0.25) is 0 Å². The summed E-state index contributed by atoms with van der Waals surface area (Å²) in [5.41, 5.74) is 0.603. The highest BCUT2D eigenvalue weighted by molar-refractivity contribution is 8.00. The van der Waals surface area contributed by atoms with Crippen LogP contribution in [-0.2, 0) is 11.0 Å². The molecule has 2 heterocycles. The molecule has 0 aliphatic carbocycles. The number of halogens is 3. The summed E-state index contributed by atoms with van der Waals surface area (Å²) in [6.07, 6.45) is -1.53. The molecule has 2 aromatic carbocycles. The van der Waals surface area contributed by atoms with Crippen LogP contribution in [0.15, 0.2) is 65.8 Å². The van der Waals surface area contributed by atoms with E-state index in [-0.39, 0.29) is 16.8 Å². The molecule has 1 fully saturated rings. The molecule has 0 saturated carbocycles. The quantitative estimate of drug-likeness (QED) is 0.327. The summed E-state index contributed by atoms with van der Waals surface area (Å²) in [5, 5.41) is 1.82. The average Bonchev–Trinajstić information content (AvgIpc) is 2.89. The molecule has 0 spiro atoms. The van der Waals surface area contributed by atoms with Gasteiger partial charge in [0, 0.05) is 29.9 Å². The predicted molar refractivity (Wildman–Crippen MR) is 133 cm³/mol. The van der Waals surface area contributed by atoms with Crippen molar-refractivity contribution in [3.8, 4) is 11.3 Å². The Morgan fingerprint density at radius 2 is 1.64 bits per heavy atom. The molecule has 3 aromatic rings. The van der Waals surface area contributed by atoms with E-state index in [2.05, 4.69) is 15.3 Å². The molecule has 2 amide bonds. The van der Waals surface area contributed by atoms with E-state index < -0.39 is 23.0 Å². The molecule has 1 unspecified atom stereocenters. The van der Waals surface area contributed by atoms with Crippen LogP contribution in [0.4, 0.5) is 18.9 Å². The van der Waals surface area contributed by atoms with Crippen LogP contribution in [0.1, 0.15) is 42.2 Å². The van der Waals surface area contributed by atoms with Gasteiger partial charge >= 0.3 is 6.18 Å². The Morgan fingerprint density at radius 1 is 0.972 bits per heavy atom. The third-order valence-electron chi connectivity index (χ3n) is 5.76. The molecule has 188 valence electrons. The average molecular weight is 515 g/mol. The molecule has 1 saturated heterocycles. The normalized spacial score (nSPS) is 14.8. The minimum Gasteiger partial charge on any atom is -0.339 e. The van der Waals surface area contributed by atoms with Gasteiger partial charge in [-0.15, -0.1) is 0 Å². The number of anilines is 1. The monoisotopic (exact) mass is 514 g/mol. The Morgan fingerprint density at radius 3 is 2.28 bits per heavy atom. The summed E-state index contributed by atoms with van der Waals surface area (Å²) in [6.45, 7) is 3.06. The van der Waals surface area contributed by atoms with Crippen molar-refractivity contribution in [3.63, 3.8) is 0 Å². The van der Waals surface area contributed by atoms with Crippen molar-refractivity contribution in [2.45, 2.75) is 42.8 Å². The topological polar surface area (TPSA) is 75.2 Å². The van der Waals surface area contributed by atoms with Gasteiger partial charge < -0.3 is 10.2 Å². The van der Waals surface area contributed by atoms with Gasteiger partial charge in [0.05, 0.1) is 10.9 Å². The number of rotatable bonds is 6. The van der Waals surface area contributed by atoms with E-state index in [1.165, 1.54) is 0 Å². The molecule has 4 rings (SSSR count). The van der Waals surface area contributed by atoms with Crippen LogP contribution in [0.3, 0.4) is 0 Å². The van der Waals surface area contributed by atoms with Gasteiger partial charge in [0.1, 0.15) is 5.69 Å². The number of benzene rings is 2. The number of nitrogens with one attached hydrogen (secondary N) is 1. The highest BCUT2D eigenvalue weighted by Crippen LogP contribution is 2.33. The fourth-order valence-corrected chi connectivity index (χ4v) is 4.60. The number of hydrogen-bond donors (Lipinski definition) is 1. The number of piperidine rings is 1. The molecule has 1 N–H and O–H groups in total. The van der Waals surface area contributed by atoms with Gasteiger partial charge in [-0.25, -0.2) is 9.97 Å². The van der Waals surface area contributed by atoms with Crippen LogP contribution in [0, 0.1) is 0 Å². The largest absolute Gasteiger partial charge is 0.433 e. The Kier molecular flexibility index (Phi) is 7.93. The molecule has 1 atom stereocenters. The standard InChI is InChI=1S/C26H25F3N4O2S/c1-17(23(34)30-20-12-10-19(11-13-20)24(35)33-14-6-3-7-15-33)36-25-31-21(18-8-4-2-5-9-18)16-22(32-25)26(27,28)29/h2,4-5,8-13,16-17H,3,6-7,14-15H2,1H3,(H,30,34). The molecular formula is C26H25F3N4O2S. The van der Waals surface area contributed by atoms with E-state index in [4.69, 9.17) is 0 Å². The number of aromatic nitrogens is 2. The van der Waals surface area contributed by atoms with Gasteiger partial charge in [0.15, 0.2) is 5.16 Å². The highest BCUT2D eigenvalue weighted by Gasteiger charge is 2.34. The first-order valence-corrected chi connectivity index (χ1v) is 12.5. The van der Waals surface area contributed by atoms with Crippen molar-refractivity contribution in [2.75, 3.05) is 18.4 Å². The molecule has 6 nitrogen and oxygen atoms in total. The van der Waals surface area contributed by atoms with E-state index in [0.29, 0.717) is 16.8 Å². The van der Waals surface area contributed by atoms with Crippen molar-refractivity contribution in [2.24, 2.45) is 0 Å². The number of alkyl halides is 3. The highest BCUT2D eigenvalue weighted by atomic mass is 32.2. The van der Waals surface area contributed by atoms with Crippen LogP contribution in [0.5, 0.6) is 0 Å². The summed E-state index contributed by atoms with van der Waals surface area (Å²) in [6, 6.07) is 16.0. The Labute approximate surface area is 211 Å². The van der Waals surface area contributed by atoms with Gasteiger partial charge in [0.25, 0.3) is 5.91 Å². The van der Waals surface area contributed by atoms with Crippen molar-refractivity contribution in [1.82, 2.24) is 14.9 Å². The SMILES string of the molecule is CC(Sc1nc(-c2ccccc2)cc(C(F)(F)F)n1)C(=O)Nc1ccc(C(=O)N2CCCCC2)cc1. The first kappa shape index (κ1) is 25.7. The fourth-order valence-electron chi connectivity index (χ4n) is 3.81. The lowest BCUT2D eigenvalue weighted by Crippen LogP contribution is -2.35. The Hall–Kier alpha value is -3.40. The maximum Gasteiger partial charge on any atom is 0.433 e.